The lowest BCUT2D eigenvalue weighted by atomic mass is 10.2. The molecule has 29 heavy (non-hydrogen) atoms. The van der Waals surface area contributed by atoms with Crippen molar-refractivity contribution in [2.24, 2.45) is 0 Å². The number of hydrogen-bond donors (Lipinski definition) is 1. The van der Waals surface area contributed by atoms with Gasteiger partial charge in [0.25, 0.3) is 5.91 Å². The predicted octanol–water partition coefficient (Wildman–Crippen LogP) is 3.00. The van der Waals surface area contributed by atoms with E-state index < -0.39 is 0 Å². The lowest BCUT2D eigenvalue weighted by molar-refractivity contribution is 0.0827. The summed E-state index contributed by atoms with van der Waals surface area (Å²) in [5.41, 5.74) is 2.06. The number of nitrogens with one attached hydrogen (secondary N) is 1. The normalized spacial score (nSPS) is 22.3. The van der Waals surface area contributed by atoms with E-state index in [0.29, 0.717) is 12.2 Å². The van der Waals surface area contributed by atoms with Crippen LogP contribution < -0.4 is 0 Å². The second-order valence-corrected chi connectivity index (χ2v) is 8.33. The summed E-state index contributed by atoms with van der Waals surface area (Å²) in [4.78, 5) is 22.9. The molecule has 2 aromatic heterocycles. The minimum Gasteiger partial charge on any atom is -0.323 e. The Morgan fingerprint density at radius 1 is 1.31 bits per heavy atom. The first-order valence-electron chi connectivity index (χ1n) is 9.39. The van der Waals surface area contributed by atoms with Gasteiger partial charge in [-0.25, -0.2) is 0 Å². The zero-order chi connectivity index (χ0) is 20.0. The average molecular weight is 402 g/mol. The number of pyridine rings is 1. The van der Waals surface area contributed by atoms with Gasteiger partial charge in [0, 0.05) is 27.7 Å². The maximum Gasteiger partial charge on any atom is 0.275 e. The maximum absolute atomic E-state index is 12.9. The molecule has 1 N–H and O–H groups in total. The predicted molar refractivity (Wildman–Crippen MR) is 108 cm³/mol. The Morgan fingerprint density at radius 2 is 2.14 bits per heavy atom. The highest BCUT2D eigenvalue weighted by Crippen LogP contribution is 2.41. The first kappa shape index (κ1) is 17.8. The van der Waals surface area contributed by atoms with Crippen LogP contribution in [0.2, 0.25) is 0 Å². The number of aromatic nitrogens is 3. The molecule has 2 fully saturated rings. The van der Waals surface area contributed by atoms with Crippen LogP contribution in [-0.4, -0.2) is 55.6 Å². The van der Waals surface area contributed by atoms with Crippen molar-refractivity contribution in [3.8, 4) is 17.5 Å². The monoisotopic (exact) mass is 402 g/mol. The standard InChI is InChI=1S/C21H18N6OS/c1-13-20-18(11-26(13)12-22)27(20)21(28)17-9-16(24-25-17)15-10-23-8-7-19(15)29-14-5-3-2-4-6-14/h2-10,13,18,20H,11H2,1H3,(H,24,25)/t13?,18?,20-,27?/m0/s1. The number of nitrogens with zero attached hydrogens (tertiary/aromatic N) is 5. The van der Waals surface area contributed by atoms with Crippen molar-refractivity contribution in [3.05, 3.63) is 60.6 Å². The Bertz CT molecular complexity index is 1110. The molecule has 8 heteroatoms. The molecule has 0 radical (unpaired) electrons. The molecule has 0 spiro atoms. The third-order valence-corrected chi connectivity index (χ3v) is 6.64. The largest absolute Gasteiger partial charge is 0.323 e. The van der Waals surface area contributed by atoms with E-state index in [1.807, 2.05) is 36.1 Å². The summed E-state index contributed by atoms with van der Waals surface area (Å²) in [5.74, 6) is -0.0897. The van der Waals surface area contributed by atoms with Crippen molar-refractivity contribution in [3.63, 3.8) is 0 Å². The number of nitriles is 1. The molecule has 0 bridgehead atoms. The summed E-state index contributed by atoms with van der Waals surface area (Å²) in [7, 11) is 0. The van der Waals surface area contributed by atoms with E-state index in [9.17, 15) is 4.79 Å². The first-order chi connectivity index (χ1) is 14.2. The Balaban J connectivity index is 1.37. The Kier molecular flexibility index (Phi) is 4.25. The smallest absolute Gasteiger partial charge is 0.275 e. The van der Waals surface area contributed by atoms with Gasteiger partial charge in [0.15, 0.2) is 11.9 Å². The van der Waals surface area contributed by atoms with Crippen molar-refractivity contribution in [2.45, 2.75) is 34.8 Å². The van der Waals surface area contributed by atoms with Crippen LogP contribution in [-0.2, 0) is 0 Å². The molecule has 2 aliphatic heterocycles. The summed E-state index contributed by atoms with van der Waals surface area (Å²) < 4.78 is 0. The quantitative estimate of drug-likeness (QED) is 0.533. The Labute approximate surface area is 172 Å². The van der Waals surface area contributed by atoms with Gasteiger partial charge < -0.3 is 9.80 Å². The molecule has 7 nitrogen and oxygen atoms in total. The minimum absolute atomic E-state index is 0.0551. The van der Waals surface area contributed by atoms with Gasteiger partial charge in [0.05, 0.1) is 30.4 Å². The zero-order valence-electron chi connectivity index (χ0n) is 15.7. The summed E-state index contributed by atoms with van der Waals surface area (Å²) in [6.45, 7) is 2.59. The number of carbonyl (C=O) groups is 1. The van der Waals surface area contributed by atoms with Crippen molar-refractivity contribution in [1.29, 1.82) is 5.26 Å². The molecule has 5 rings (SSSR count). The molecule has 2 unspecified atom stereocenters. The van der Waals surface area contributed by atoms with E-state index in [1.165, 1.54) is 0 Å². The molecule has 3 atom stereocenters. The molecule has 0 aliphatic carbocycles. The van der Waals surface area contributed by atoms with Crippen LogP contribution in [0.15, 0.2) is 64.6 Å². The first-order valence-corrected chi connectivity index (χ1v) is 10.2. The Morgan fingerprint density at radius 3 is 2.86 bits per heavy atom. The van der Waals surface area contributed by atoms with Gasteiger partial charge in [-0.2, -0.15) is 10.4 Å². The minimum atomic E-state index is -0.0897. The van der Waals surface area contributed by atoms with Gasteiger partial charge in [-0.1, -0.05) is 30.0 Å². The molecule has 4 heterocycles. The lowest BCUT2D eigenvalue weighted by Gasteiger charge is -2.20. The van der Waals surface area contributed by atoms with Crippen molar-refractivity contribution in [1.82, 2.24) is 25.0 Å². The van der Waals surface area contributed by atoms with Crippen LogP contribution >= 0.6 is 11.8 Å². The van der Waals surface area contributed by atoms with E-state index in [1.54, 1.807) is 35.1 Å². The van der Waals surface area contributed by atoms with Crippen molar-refractivity contribution < 1.29 is 4.79 Å². The molecule has 2 aliphatic rings. The van der Waals surface area contributed by atoms with Gasteiger partial charge in [-0.3, -0.25) is 14.9 Å². The van der Waals surface area contributed by atoms with Gasteiger partial charge in [0.1, 0.15) is 0 Å². The highest BCUT2D eigenvalue weighted by Gasteiger charge is 2.61. The van der Waals surface area contributed by atoms with E-state index in [-0.39, 0.29) is 24.0 Å². The Hall–Kier alpha value is -3.31. The summed E-state index contributed by atoms with van der Waals surface area (Å²) >= 11 is 1.64. The number of fused-ring (bicyclic) bond motifs is 1. The molecule has 2 saturated heterocycles. The van der Waals surface area contributed by atoms with E-state index in [4.69, 9.17) is 5.26 Å². The van der Waals surface area contributed by atoms with Crippen molar-refractivity contribution in [2.75, 3.05) is 6.54 Å². The SMILES string of the molecule is CC1[C@H]2C(CN1C#N)N2C(=O)c1cc(-c2cnccc2Sc2ccccc2)[nH]n1. The van der Waals surface area contributed by atoms with E-state index in [0.717, 1.165) is 21.0 Å². The second-order valence-electron chi connectivity index (χ2n) is 7.22. The second kappa shape index (κ2) is 6.94. The number of benzene rings is 1. The number of H-pyrrole nitrogens is 1. The topological polar surface area (TPSA) is 88.7 Å². The van der Waals surface area contributed by atoms with Crippen molar-refractivity contribution >= 4 is 17.7 Å². The van der Waals surface area contributed by atoms with Crippen LogP contribution in [0.4, 0.5) is 0 Å². The highest BCUT2D eigenvalue weighted by molar-refractivity contribution is 7.99. The third-order valence-electron chi connectivity index (χ3n) is 5.55. The maximum atomic E-state index is 12.9. The van der Waals surface area contributed by atoms with Gasteiger partial charge in [-0.15, -0.1) is 0 Å². The average Bonchev–Trinajstić information content (AvgIpc) is 3.07. The number of aromatic amines is 1. The molecule has 3 aromatic rings. The van der Waals surface area contributed by atoms with Crippen LogP contribution in [0.1, 0.15) is 17.4 Å². The molecular formula is C21H18N6OS. The lowest BCUT2D eigenvalue weighted by Crippen LogP contribution is -2.35. The summed E-state index contributed by atoms with van der Waals surface area (Å²) in [6, 6.07) is 14.1. The fraction of sp³-hybridized carbons (Fsp3) is 0.238. The summed E-state index contributed by atoms with van der Waals surface area (Å²) in [6.07, 6.45) is 5.73. The van der Waals surface area contributed by atoms with E-state index >= 15 is 0 Å². The molecule has 1 amide bonds. The number of piperazine rings is 1. The number of rotatable bonds is 4. The van der Waals surface area contributed by atoms with Crippen LogP contribution in [0.3, 0.4) is 0 Å². The van der Waals surface area contributed by atoms with Crippen LogP contribution in [0.5, 0.6) is 0 Å². The fourth-order valence-corrected chi connectivity index (χ4v) is 4.96. The molecule has 144 valence electrons. The molecular weight excluding hydrogens is 384 g/mol. The van der Waals surface area contributed by atoms with Gasteiger partial charge in [0.2, 0.25) is 0 Å². The van der Waals surface area contributed by atoms with E-state index in [2.05, 4.69) is 33.5 Å². The fourth-order valence-electron chi connectivity index (χ4n) is 4.01. The molecule has 1 aromatic carbocycles. The number of likely N-dealkylation sites (tertiary alicyclic amines) is 1. The van der Waals surface area contributed by atoms with Gasteiger partial charge >= 0.3 is 0 Å². The zero-order valence-corrected chi connectivity index (χ0v) is 16.5. The molecule has 0 saturated carbocycles. The number of amides is 1. The third kappa shape index (κ3) is 3.04. The van der Waals surface area contributed by atoms with Crippen LogP contribution in [0.25, 0.3) is 11.3 Å². The summed E-state index contributed by atoms with van der Waals surface area (Å²) in [5, 5.41) is 16.4. The highest BCUT2D eigenvalue weighted by atomic mass is 32.2. The van der Waals surface area contributed by atoms with Crippen LogP contribution in [0, 0.1) is 11.5 Å². The number of hydrogen-bond acceptors (Lipinski definition) is 6. The van der Waals surface area contributed by atoms with Gasteiger partial charge in [-0.05, 0) is 31.2 Å². The number of carbonyl (C=O) groups excluding carboxylic acids is 1.